The maximum atomic E-state index is 13.4. The second kappa shape index (κ2) is 12.4. The minimum atomic E-state index is -0.607. The largest absolute Gasteiger partial charge is 0.506 e. The Morgan fingerprint density at radius 2 is 1.88 bits per heavy atom. The lowest BCUT2D eigenvalue weighted by Crippen LogP contribution is -2.36. The zero-order valence-corrected chi connectivity index (χ0v) is 23.3. The van der Waals surface area contributed by atoms with Crippen LogP contribution in [0.2, 0.25) is 0 Å². The van der Waals surface area contributed by atoms with Crippen LogP contribution in [0.25, 0.3) is 16.5 Å². The predicted octanol–water partition coefficient (Wildman–Crippen LogP) is 5.94. The molecule has 40 heavy (non-hydrogen) atoms. The van der Waals surface area contributed by atoms with Gasteiger partial charge in [0, 0.05) is 21.7 Å². The fraction of sp³-hybridized carbons (Fsp3) is 0.345. The number of tetrazole rings is 1. The number of rotatable bonds is 8. The van der Waals surface area contributed by atoms with E-state index in [4.69, 9.17) is 4.74 Å². The van der Waals surface area contributed by atoms with E-state index in [1.54, 1.807) is 28.9 Å². The highest BCUT2D eigenvalue weighted by molar-refractivity contribution is 7.99. The number of para-hydroxylation sites is 1. The van der Waals surface area contributed by atoms with Gasteiger partial charge in [0.2, 0.25) is 5.16 Å². The number of ether oxygens (including phenoxy) is 1. The van der Waals surface area contributed by atoms with Gasteiger partial charge in [-0.3, -0.25) is 10.1 Å². The lowest BCUT2D eigenvalue weighted by atomic mass is 9.95. The van der Waals surface area contributed by atoms with Crippen molar-refractivity contribution in [2.24, 2.45) is 5.92 Å². The Morgan fingerprint density at radius 1 is 1.10 bits per heavy atom. The number of nitrogens with zero attached hydrogens (tertiary/aromatic N) is 4. The van der Waals surface area contributed by atoms with Crippen molar-refractivity contribution >= 4 is 40.2 Å². The molecular formula is C29H32N6O4S. The fourth-order valence-electron chi connectivity index (χ4n) is 4.76. The van der Waals surface area contributed by atoms with Crippen LogP contribution in [0.1, 0.15) is 56.3 Å². The van der Waals surface area contributed by atoms with Gasteiger partial charge >= 0.3 is 6.09 Å². The molecule has 1 aliphatic rings. The van der Waals surface area contributed by atoms with Crippen LogP contribution in [0.4, 0.5) is 10.5 Å². The molecule has 5 rings (SSSR count). The van der Waals surface area contributed by atoms with Gasteiger partial charge in [-0.05, 0) is 65.2 Å². The Kier molecular flexibility index (Phi) is 8.49. The second-order valence-electron chi connectivity index (χ2n) is 10.2. The maximum absolute atomic E-state index is 13.4. The van der Waals surface area contributed by atoms with Crippen LogP contribution in [0.3, 0.4) is 0 Å². The van der Waals surface area contributed by atoms with Crippen molar-refractivity contribution in [2.75, 3.05) is 11.9 Å². The predicted molar refractivity (Wildman–Crippen MR) is 153 cm³/mol. The molecule has 2 amide bonds. The number of nitrogens with one attached hydrogen (secondary N) is 2. The zero-order chi connectivity index (χ0) is 28.1. The molecule has 0 atom stereocenters. The van der Waals surface area contributed by atoms with E-state index in [2.05, 4.69) is 26.2 Å². The molecule has 3 N–H and O–H groups in total. The summed E-state index contributed by atoms with van der Waals surface area (Å²) in [5.74, 6) is -0.324. The van der Waals surface area contributed by atoms with Crippen molar-refractivity contribution in [2.45, 2.75) is 62.0 Å². The highest BCUT2D eigenvalue weighted by Gasteiger charge is 2.24. The van der Waals surface area contributed by atoms with Crippen LogP contribution >= 0.6 is 11.8 Å². The molecule has 10 nitrogen and oxygen atoms in total. The van der Waals surface area contributed by atoms with Crippen molar-refractivity contribution in [3.8, 4) is 11.4 Å². The molecule has 208 valence electrons. The number of phenolic OH excluding ortho intramolecular Hbond substituents is 1. The minimum Gasteiger partial charge on any atom is -0.506 e. The maximum Gasteiger partial charge on any atom is 0.411 e. The third-order valence-corrected chi connectivity index (χ3v) is 7.69. The number of aromatic hydroxyl groups is 1. The number of fused-ring (bicyclic) bond motifs is 1. The molecule has 1 aromatic heterocycles. The normalized spacial score (nSPS) is 13.9. The van der Waals surface area contributed by atoms with Gasteiger partial charge in [0.05, 0.1) is 23.5 Å². The first kappa shape index (κ1) is 27.4. The molecular weight excluding hydrogens is 528 g/mol. The van der Waals surface area contributed by atoms with E-state index in [1.807, 2.05) is 44.2 Å². The molecule has 1 aliphatic carbocycles. The molecule has 0 aliphatic heterocycles. The summed E-state index contributed by atoms with van der Waals surface area (Å²) < 4.78 is 6.93. The van der Waals surface area contributed by atoms with E-state index in [1.165, 1.54) is 18.2 Å². The molecule has 1 heterocycles. The summed E-state index contributed by atoms with van der Waals surface area (Å²) in [5, 5.41) is 30.8. The monoisotopic (exact) mass is 560 g/mol. The first-order chi connectivity index (χ1) is 19.4. The molecule has 4 aromatic rings. The van der Waals surface area contributed by atoms with Crippen molar-refractivity contribution in [1.82, 2.24) is 25.5 Å². The molecule has 0 radical (unpaired) electrons. The number of carbonyl (C=O) groups excluding carboxylic acids is 2. The lowest BCUT2D eigenvalue weighted by Gasteiger charge is -2.23. The number of carbonyl (C=O) groups is 2. The van der Waals surface area contributed by atoms with E-state index in [-0.39, 0.29) is 35.8 Å². The Bertz CT molecular complexity index is 1500. The van der Waals surface area contributed by atoms with Crippen molar-refractivity contribution in [3.05, 3.63) is 60.2 Å². The summed E-state index contributed by atoms with van der Waals surface area (Å²) in [7, 11) is 0. The van der Waals surface area contributed by atoms with Gasteiger partial charge in [-0.25, -0.2) is 4.79 Å². The smallest absolute Gasteiger partial charge is 0.411 e. The standard InChI is InChI=1S/C29H32N6O4S/c1-18(2)17-39-29(38)31-23-15-9-14-21-25(23)24(40-28-32-33-34-35(28)20-12-7-4-8-13-20)16-22(26(21)36)27(37)30-19-10-5-3-6-11-19/h4,7-9,12-16,18-19,36H,3,5-6,10-11,17H2,1-2H3,(H,30,37)(H,31,38). The topological polar surface area (TPSA) is 131 Å². The molecule has 1 saturated carbocycles. The summed E-state index contributed by atoms with van der Waals surface area (Å²) in [6.07, 6.45) is 4.53. The fourth-order valence-corrected chi connectivity index (χ4v) is 5.76. The third kappa shape index (κ3) is 6.20. The number of benzene rings is 3. The second-order valence-corrected chi connectivity index (χ2v) is 11.2. The van der Waals surface area contributed by atoms with Gasteiger partial charge in [0.25, 0.3) is 5.91 Å². The first-order valence-electron chi connectivity index (χ1n) is 13.5. The average Bonchev–Trinajstić information content (AvgIpc) is 3.42. The van der Waals surface area contributed by atoms with Gasteiger partial charge < -0.3 is 15.2 Å². The van der Waals surface area contributed by atoms with Crippen LogP contribution in [0.5, 0.6) is 5.75 Å². The average molecular weight is 561 g/mol. The van der Waals surface area contributed by atoms with Crippen molar-refractivity contribution in [1.29, 1.82) is 0 Å². The number of anilines is 1. The van der Waals surface area contributed by atoms with Crippen LogP contribution in [0.15, 0.2) is 64.6 Å². The van der Waals surface area contributed by atoms with Crippen LogP contribution in [-0.2, 0) is 4.74 Å². The third-order valence-electron chi connectivity index (χ3n) is 6.71. The van der Waals surface area contributed by atoms with Crippen LogP contribution in [0, 0.1) is 5.92 Å². The van der Waals surface area contributed by atoms with E-state index < -0.39 is 6.09 Å². The summed E-state index contributed by atoms with van der Waals surface area (Å²) in [5.41, 5.74) is 1.35. The summed E-state index contributed by atoms with van der Waals surface area (Å²) >= 11 is 1.23. The van der Waals surface area contributed by atoms with E-state index in [9.17, 15) is 14.7 Å². The summed E-state index contributed by atoms with van der Waals surface area (Å²) in [4.78, 5) is 26.6. The number of aromatic nitrogens is 4. The first-order valence-corrected chi connectivity index (χ1v) is 14.3. The lowest BCUT2D eigenvalue weighted by molar-refractivity contribution is 0.0925. The highest BCUT2D eigenvalue weighted by Crippen LogP contribution is 2.42. The minimum absolute atomic E-state index is 0.0709. The molecule has 3 aromatic carbocycles. The Morgan fingerprint density at radius 3 is 2.62 bits per heavy atom. The number of hydrogen-bond donors (Lipinski definition) is 3. The van der Waals surface area contributed by atoms with Gasteiger partial charge in [0.15, 0.2) is 0 Å². The van der Waals surface area contributed by atoms with Crippen LogP contribution < -0.4 is 10.6 Å². The molecule has 0 bridgehead atoms. The summed E-state index contributed by atoms with van der Waals surface area (Å²) in [6.45, 7) is 4.17. The summed E-state index contributed by atoms with van der Waals surface area (Å²) in [6, 6.07) is 16.3. The van der Waals surface area contributed by atoms with E-state index in [0.29, 0.717) is 26.5 Å². The highest BCUT2D eigenvalue weighted by atomic mass is 32.2. The molecule has 0 spiro atoms. The van der Waals surface area contributed by atoms with Crippen molar-refractivity contribution < 1.29 is 19.4 Å². The van der Waals surface area contributed by atoms with Gasteiger partial charge in [0.1, 0.15) is 5.75 Å². The van der Waals surface area contributed by atoms with Gasteiger partial charge in [-0.1, -0.05) is 63.4 Å². The van der Waals surface area contributed by atoms with Crippen molar-refractivity contribution in [3.63, 3.8) is 0 Å². The molecule has 0 saturated heterocycles. The van der Waals surface area contributed by atoms with Gasteiger partial charge in [-0.2, -0.15) is 4.68 Å². The molecule has 11 heteroatoms. The number of hydrogen-bond acceptors (Lipinski definition) is 8. The van der Waals surface area contributed by atoms with Crippen LogP contribution in [-0.4, -0.2) is 50.0 Å². The SMILES string of the molecule is CC(C)COC(=O)Nc1cccc2c(O)c(C(=O)NC3CCCCC3)cc(Sc3nnnn3-c3ccccc3)c12. The Hall–Kier alpha value is -4.12. The van der Waals surface area contributed by atoms with Gasteiger partial charge in [-0.15, -0.1) is 5.10 Å². The molecule has 1 fully saturated rings. The zero-order valence-electron chi connectivity index (χ0n) is 22.5. The number of amides is 2. The Labute approximate surface area is 236 Å². The number of phenols is 1. The Balaban J connectivity index is 1.57. The molecule has 0 unspecified atom stereocenters. The quantitative estimate of drug-likeness (QED) is 0.241. The van der Waals surface area contributed by atoms with E-state index >= 15 is 0 Å². The van der Waals surface area contributed by atoms with E-state index in [0.717, 1.165) is 31.4 Å².